The Kier molecular flexibility index (Phi) is 3.34. The number of carbonyl (C=O) groups excluding carboxylic acids is 1. The lowest BCUT2D eigenvalue weighted by Gasteiger charge is -2.32. The van der Waals surface area contributed by atoms with Crippen molar-refractivity contribution < 1.29 is 17.7 Å². The lowest BCUT2D eigenvalue weighted by molar-refractivity contribution is -0.136. The van der Waals surface area contributed by atoms with Crippen molar-refractivity contribution in [3.8, 4) is 0 Å². The topological polar surface area (TPSA) is 80.5 Å². The van der Waals surface area contributed by atoms with Gasteiger partial charge in [0.25, 0.3) is 0 Å². The quantitative estimate of drug-likeness (QED) is 0.833. The average Bonchev–Trinajstić information content (AvgIpc) is 3.39. The van der Waals surface area contributed by atoms with Gasteiger partial charge in [-0.15, -0.1) is 0 Å². The minimum absolute atomic E-state index is 0.0441. The molecule has 126 valence electrons. The number of nitrogens with zero attached hydrogens (tertiary/aromatic N) is 2. The molecule has 0 bridgehead atoms. The van der Waals surface area contributed by atoms with Crippen LogP contribution in [-0.4, -0.2) is 48.5 Å². The number of hydrogen-bond donors (Lipinski definition) is 0. The second-order valence-electron chi connectivity index (χ2n) is 7.29. The third-order valence-electron chi connectivity index (χ3n) is 5.37. The Balaban J connectivity index is 1.64. The number of amides is 1. The standard InChI is InChI=1S/C16H22N2O4S/c1-11-9-14(22-17-11)16(5-6-16)15(19)18-7-2-8-23(20,21)10-13(18)12-3-4-12/h9,12-13H,2-8,10H2,1H3. The molecule has 4 rings (SSSR count). The maximum atomic E-state index is 13.2. The van der Waals surface area contributed by atoms with E-state index in [0.717, 1.165) is 31.4 Å². The van der Waals surface area contributed by atoms with E-state index in [1.54, 1.807) is 0 Å². The van der Waals surface area contributed by atoms with Crippen LogP contribution in [0, 0.1) is 12.8 Å². The zero-order valence-electron chi connectivity index (χ0n) is 13.3. The van der Waals surface area contributed by atoms with Crippen LogP contribution in [0.5, 0.6) is 0 Å². The molecule has 0 radical (unpaired) electrons. The van der Waals surface area contributed by atoms with Gasteiger partial charge in [-0.3, -0.25) is 4.79 Å². The molecule has 7 heteroatoms. The molecular weight excluding hydrogens is 316 g/mol. The molecule has 1 aliphatic heterocycles. The third kappa shape index (κ3) is 2.69. The van der Waals surface area contributed by atoms with Crippen LogP contribution < -0.4 is 0 Å². The van der Waals surface area contributed by atoms with Crippen LogP contribution in [0.2, 0.25) is 0 Å². The molecule has 2 aliphatic carbocycles. The van der Waals surface area contributed by atoms with E-state index >= 15 is 0 Å². The van der Waals surface area contributed by atoms with Crippen LogP contribution >= 0.6 is 0 Å². The van der Waals surface area contributed by atoms with E-state index in [1.165, 1.54) is 0 Å². The minimum atomic E-state index is -3.06. The van der Waals surface area contributed by atoms with Crippen molar-refractivity contribution in [3.63, 3.8) is 0 Å². The van der Waals surface area contributed by atoms with Gasteiger partial charge >= 0.3 is 0 Å². The number of aromatic nitrogens is 1. The third-order valence-corrected chi connectivity index (χ3v) is 7.13. The van der Waals surface area contributed by atoms with Crippen molar-refractivity contribution >= 4 is 15.7 Å². The highest BCUT2D eigenvalue weighted by molar-refractivity contribution is 7.91. The number of carbonyl (C=O) groups is 1. The average molecular weight is 338 g/mol. The van der Waals surface area contributed by atoms with Crippen LogP contribution in [-0.2, 0) is 20.0 Å². The first-order valence-electron chi connectivity index (χ1n) is 8.37. The summed E-state index contributed by atoms with van der Waals surface area (Å²) in [5.74, 6) is 1.34. The van der Waals surface area contributed by atoms with Crippen LogP contribution in [0.4, 0.5) is 0 Å². The van der Waals surface area contributed by atoms with E-state index in [9.17, 15) is 13.2 Å². The Bertz CT molecular complexity index is 731. The first kappa shape index (κ1) is 15.2. The monoisotopic (exact) mass is 338 g/mol. The van der Waals surface area contributed by atoms with E-state index in [0.29, 0.717) is 24.6 Å². The van der Waals surface area contributed by atoms with Crippen LogP contribution in [0.3, 0.4) is 0 Å². The molecule has 1 atom stereocenters. The van der Waals surface area contributed by atoms with Crippen LogP contribution in [0.25, 0.3) is 0 Å². The summed E-state index contributed by atoms with van der Waals surface area (Å²) in [5.41, 5.74) is 0.180. The number of hydrogen-bond acceptors (Lipinski definition) is 5. The smallest absolute Gasteiger partial charge is 0.236 e. The van der Waals surface area contributed by atoms with Gasteiger partial charge in [0.1, 0.15) is 5.41 Å². The van der Waals surface area contributed by atoms with Crippen molar-refractivity contribution in [3.05, 3.63) is 17.5 Å². The summed E-state index contributed by atoms with van der Waals surface area (Å²) in [7, 11) is -3.06. The van der Waals surface area contributed by atoms with Gasteiger partial charge in [0.05, 0.1) is 17.2 Å². The van der Waals surface area contributed by atoms with E-state index in [1.807, 2.05) is 17.9 Å². The van der Waals surface area contributed by atoms with Gasteiger partial charge in [0.15, 0.2) is 15.6 Å². The van der Waals surface area contributed by atoms with Gasteiger partial charge in [-0.2, -0.15) is 0 Å². The summed E-state index contributed by atoms with van der Waals surface area (Å²) >= 11 is 0. The molecule has 3 fully saturated rings. The number of sulfone groups is 1. The van der Waals surface area contributed by atoms with E-state index in [4.69, 9.17) is 4.52 Å². The van der Waals surface area contributed by atoms with E-state index < -0.39 is 15.3 Å². The van der Waals surface area contributed by atoms with Crippen molar-refractivity contribution in [1.29, 1.82) is 0 Å². The second kappa shape index (κ2) is 5.06. The van der Waals surface area contributed by atoms with Gasteiger partial charge in [-0.05, 0) is 44.9 Å². The molecule has 0 aromatic carbocycles. The van der Waals surface area contributed by atoms with Gasteiger partial charge < -0.3 is 9.42 Å². The molecule has 0 spiro atoms. The molecule has 0 N–H and O–H groups in total. The first-order valence-corrected chi connectivity index (χ1v) is 10.2. The Morgan fingerprint density at radius 1 is 1.39 bits per heavy atom. The number of rotatable bonds is 3. The van der Waals surface area contributed by atoms with Crippen molar-refractivity contribution in [2.24, 2.45) is 5.92 Å². The van der Waals surface area contributed by atoms with Crippen molar-refractivity contribution in [2.45, 2.75) is 50.5 Å². The fourth-order valence-electron chi connectivity index (χ4n) is 3.73. The summed E-state index contributed by atoms with van der Waals surface area (Å²) < 4.78 is 29.7. The molecule has 1 aromatic heterocycles. The summed E-state index contributed by atoms with van der Waals surface area (Å²) in [6, 6.07) is 1.68. The normalized spacial score (nSPS) is 29.1. The predicted octanol–water partition coefficient (Wildman–Crippen LogP) is 1.44. The Hall–Kier alpha value is -1.37. The van der Waals surface area contributed by atoms with Crippen LogP contribution in [0.15, 0.2) is 10.6 Å². The molecule has 6 nitrogen and oxygen atoms in total. The summed E-state index contributed by atoms with van der Waals surface area (Å²) in [6.45, 7) is 2.38. The van der Waals surface area contributed by atoms with Crippen molar-refractivity contribution in [1.82, 2.24) is 10.1 Å². The molecular formula is C16H22N2O4S. The predicted molar refractivity (Wildman–Crippen MR) is 83.6 cm³/mol. The highest BCUT2D eigenvalue weighted by Crippen LogP contribution is 2.51. The Morgan fingerprint density at radius 2 is 2.13 bits per heavy atom. The molecule has 3 aliphatic rings. The van der Waals surface area contributed by atoms with E-state index in [-0.39, 0.29) is 23.5 Å². The minimum Gasteiger partial charge on any atom is -0.360 e. The summed E-state index contributed by atoms with van der Waals surface area (Å²) in [5, 5.41) is 3.92. The first-order chi connectivity index (χ1) is 10.9. The van der Waals surface area contributed by atoms with Gasteiger partial charge in [-0.25, -0.2) is 8.42 Å². The Labute approximate surface area is 136 Å². The summed E-state index contributed by atoms with van der Waals surface area (Å²) in [6.07, 6.45) is 4.11. The Morgan fingerprint density at radius 3 is 2.70 bits per heavy atom. The SMILES string of the molecule is Cc1cc(C2(C(=O)N3CCCS(=O)(=O)CC3C3CC3)CC2)on1. The van der Waals surface area contributed by atoms with Crippen molar-refractivity contribution in [2.75, 3.05) is 18.1 Å². The second-order valence-corrected chi connectivity index (χ2v) is 9.51. The fraction of sp³-hybridized carbons (Fsp3) is 0.750. The fourth-order valence-corrected chi connectivity index (χ4v) is 5.44. The summed E-state index contributed by atoms with van der Waals surface area (Å²) in [4.78, 5) is 15.1. The molecule has 2 heterocycles. The molecule has 23 heavy (non-hydrogen) atoms. The molecule has 1 aromatic rings. The maximum absolute atomic E-state index is 13.2. The molecule has 2 saturated carbocycles. The lowest BCUT2D eigenvalue weighted by Crippen LogP contribution is -2.48. The number of aryl methyl sites for hydroxylation is 1. The lowest BCUT2D eigenvalue weighted by atomic mass is 9.99. The van der Waals surface area contributed by atoms with E-state index in [2.05, 4.69) is 5.16 Å². The highest BCUT2D eigenvalue weighted by atomic mass is 32.2. The maximum Gasteiger partial charge on any atom is 0.236 e. The van der Waals surface area contributed by atoms with Gasteiger partial charge in [0, 0.05) is 18.7 Å². The zero-order chi connectivity index (χ0) is 16.2. The van der Waals surface area contributed by atoms with Gasteiger partial charge in [0.2, 0.25) is 5.91 Å². The molecule has 1 unspecified atom stereocenters. The largest absolute Gasteiger partial charge is 0.360 e. The van der Waals surface area contributed by atoms with Gasteiger partial charge in [-0.1, -0.05) is 5.16 Å². The molecule has 1 amide bonds. The zero-order valence-corrected chi connectivity index (χ0v) is 14.1. The van der Waals surface area contributed by atoms with Crippen LogP contribution in [0.1, 0.15) is 43.6 Å². The molecule has 1 saturated heterocycles. The highest BCUT2D eigenvalue weighted by Gasteiger charge is 2.58.